The van der Waals surface area contributed by atoms with E-state index in [1.54, 1.807) is 0 Å². The van der Waals surface area contributed by atoms with Crippen molar-refractivity contribution in [1.29, 1.82) is 0 Å². The van der Waals surface area contributed by atoms with Crippen LogP contribution in [0.1, 0.15) is 32.0 Å². The zero-order valence-corrected chi connectivity index (χ0v) is 12.4. The van der Waals surface area contributed by atoms with Crippen LogP contribution < -0.4 is 10.3 Å². The second-order valence-electron chi connectivity index (χ2n) is 5.53. The molecule has 4 heteroatoms. The number of ether oxygens (including phenoxy) is 1. The Hall–Kier alpha value is -1.97. The number of H-pyrrole nitrogens is 1. The van der Waals surface area contributed by atoms with Gasteiger partial charge in [-0.25, -0.2) is 0 Å². The van der Waals surface area contributed by atoms with E-state index in [1.807, 2.05) is 13.0 Å². The van der Waals surface area contributed by atoms with Crippen LogP contribution in [-0.4, -0.2) is 23.5 Å². The van der Waals surface area contributed by atoms with Crippen LogP contribution >= 0.6 is 0 Å². The molecule has 4 nitrogen and oxygen atoms in total. The number of hydrogen-bond donors (Lipinski definition) is 1. The van der Waals surface area contributed by atoms with E-state index in [-0.39, 0.29) is 5.56 Å². The highest BCUT2D eigenvalue weighted by Crippen LogP contribution is 2.45. The number of allylic oxidation sites excluding steroid dienone is 3. The standard InChI is InChI=1S/C16H20N2O2/c1-5-20-14-7-12-13(17-16(14)19)6-11-9(2)8-18(4)10(3)15(11)12/h7-8,11H,5-6H2,1-4H3,(H,17,19). The van der Waals surface area contributed by atoms with Crippen molar-refractivity contribution >= 4 is 5.57 Å². The van der Waals surface area contributed by atoms with Crippen LogP contribution in [0.25, 0.3) is 5.57 Å². The number of aromatic nitrogens is 1. The first-order valence-electron chi connectivity index (χ1n) is 7.04. The fraction of sp³-hybridized carbons (Fsp3) is 0.438. The molecule has 1 atom stereocenters. The summed E-state index contributed by atoms with van der Waals surface area (Å²) in [5.41, 5.74) is 5.94. The first-order valence-corrected chi connectivity index (χ1v) is 7.04. The van der Waals surface area contributed by atoms with Gasteiger partial charge in [0.1, 0.15) is 0 Å². The maximum Gasteiger partial charge on any atom is 0.290 e. The average Bonchev–Trinajstić information content (AvgIpc) is 2.76. The van der Waals surface area contributed by atoms with Gasteiger partial charge in [-0.1, -0.05) is 0 Å². The van der Waals surface area contributed by atoms with Crippen molar-refractivity contribution in [2.75, 3.05) is 13.7 Å². The molecule has 1 aromatic heterocycles. The van der Waals surface area contributed by atoms with Crippen LogP contribution in [0.2, 0.25) is 0 Å². The number of pyridine rings is 1. The third kappa shape index (κ3) is 1.79. The van der Waals surface area contributed by atoms with Crippen LogP contribution in [-0.2, 0) is 6.42 Å². The molecule has 20 heavy (non-hydrogen) atoms. The third-order valence-electron chi connectivity index (χ3n) is 4.30. The molecule has 0 aromatic carbocycles. The van der Waals surface area contributed by atoms with Crippen LogP contribution in [0.3, 0.4) is 0 Å². The molecule has 1 unspecified atom stereocenters. The maximum atomic E-state index is 12.0. The van der Waals surface area contributed by atoms with Crippen molar-refractivity contribution in [3.8, 4) is 5.75 Å². The summed E-state index contributed by atoms with van der Waals surface area (Å²) in [6.07, 6.45) is 3.05. The summed E-state index contributed by atoms with van der Waals surface area (Å²) in [7, 11) is 2.06. The van der Waals surface area contributed by atoms with Crippen molar-refractivity contribution in [2.45, 2.75) is 27.2 Å². The molecule has 0 saturated heterocycles. The molecule has 1 aliphatic carbocycles. The smallest absolute Gasteiger partial charge is 0.290 e. The second kappa shape index (κ2) is 4.54. The summed E-state index contributed by atoms with van der Waals surface area (Å²) in [4.78, 5) is 17.1. The highest BCUT2D eigenvalue weighted by Gasteiger charge is 2.34. The Labute approximate surface area is 118 Å². The second-order valence-corrected chi connectivity index (χ2v) is 5.53. The predicted molar refractivity (Wildman–Crippen MR) is 79.5 cm³/mol. The number of nitrogens with one attached hydrogen (secondary N) is 1. The Morgan fingerprint density at radius 2 is 2.20 bits per heavy atom. The number of fused-ring (bicyclic) bond motifs is 3. The lowest BCUT2D eigenvalue weighted by molar-refractivity contribution is 0.335. The molecule has 2 heterocycles. The fourth-order valence-corrected chi connectivity index (χ4v) is 3.23. The van der Waals surface area contributed by atoms with Gasteiger partial charge in [-0.05, 0) is 44.4 Å². The van der Waals surface area contributed by atoms with Gasteiger partial charge in [0.2, 0.25) is 0 Å². The van der Waals surface area contributed by atoms with Crippen molar-refractivity contribution in [1.82, 2.24) is 9.88 Å². The molecule has 1 aliphatic heterocycles. The molecule has 0 amide bonds. The number of rotatable bonds is 2. The molecule has 0 spiro atoms. The lowest BCUT2D eigenvalue weighted by Crippen LogP contribution is -2.19. The maximum absolute atomic E-state index is 12.0. The summed E-state index contributed by atoms with van der Waals surface area (Å²) < 4.78 is 5.44. The average molecular weight is 272 g/mol. The largest absolute Gasteiger partial charge is 0.488 e. The predicted octanol–water partition coefficient (Wildman–Crippen LogP) is 2.53. The van der Waals surface area contributed by atoms with E-state index in [2.05, 4.69) is 37.0 Å². The van der Waals surface area contributed by atoms with Gasteiger partial charge in [0.05, 0.1) is 6.61 Å². The summed E-state index contributed by atoms with van der Waals surface area (Å²) in [5.74, 6) is 0.802. The molecule has 1 N–H and O–H groups in total. The summed E-state index contributed by atoms with van der Waals surface area (Å²) in [6.45, 7) is 6.68. The third-order valence-corrected chi connectivity index (χ3v) is 4.30. The van der Waals surface area contributed by atoms with Gasteiger partial charge in [0.25, 0.3) is 5.56 Å². The van der Waals surface area contributed by atoms with E-state index < -0.39 is 0 Å². The van der Waals surface area contributed by atoms with E-state index in [0.29, 0.717) is 18.3 Å². The van der Waals surface area contributed by atoms with E-state index >= 15 is 0 Å². The van der Waals surface area contributed by atoms with Crippen molar-refractivity contribution < 1.29 is 4.74 Å². The molecule has 1 aromatic rings. The Balaban J connectivity index is 2.18. The van der Waals surface area contributed by atoms with Crippen molar-refractivity contribution in [2.24, 2.45) is 5.92 Å². The van der Waals surface area contributed by atoms with Gasteiger partial charge in [-0.3, -0.25) is 4.79 Å². The van der Waals surface area contributed by atoms with Crippen molar-refractivity contribution in [3.05, 3.63) is 45.1 Å². The quantitative estimate of drug-likeness (QED) is 0.900. The van der Waals surface area contributed by atoms with Gasteiger partial charge in [-0.2, -0.15) is 0 Å². The van der Waals surface area contributed by atoms with Gasteiger partial charge < -0.3 is 14.6 Å². The molecule has 0 fully saturated rings. The number of nitrogens with zero attached hydrogens (tertiary/aromatic N) is 1. The molecule has 106 valence electrons. The minimum atomic E-state index is -0.127. The molecular weight excluding hydrogens is 252 g/mol. The Morgan fingerprint density at radius 1 is 1.45 bits per heavy atom. The van der Waals surface area contributed by atoms with Gasteiger partial charge in [0.15, 0.2) is 5.75 Å². The summed E-state index contributed by atoms with van der Waals surface area (Å²) >= 11 is 0. The first kappa shape index (κ1) is 13.0. The summed E-state index contributed by atoms with van der Waals surface area (Å²) in [5, 5.41) is 0. The topological polar surface area (TPSA) is 45.3 Å². The Kier molecular flexibility index (Phi) is 2.96. The lowest BCUT2D eigenvalue weighted by Gasteiger charge is -2.29. The summed E-state index contributed by atoms with van der Waals surface area (Å²) in [6, 6.07) is 1.91. The van der Waals surface area contributed by atoms with E-state index in [9.17, 15) is 4.79 Å². The highest BCUT2D eigenvalue weighted by molar-refractivity contribution is 5.79. The van der Waals surface area contributed by atoms with E-state index in [0.717, 1.165) is 17.7 Å². The Bertz CT molecular complexity index is 682. The molecule has 3 rings (SSSR count). The van der Waals surface area contributed by atoms with Gasteiger partial charge in [0, 0.05) is 36.1 Å². The lowest BCUT2D eigenvalue weighted by atomic mass is 9.89. The highest BCUT2D eigenvalue weighted by atomic mass is 16.5. The monoisotopic (exact) mass is 272 g/mol. The van der Waals surface area contributed by atoms with Crippen LogP contribution in [0.4, 0.5) is 0 Å². The van der Waals surface area contributed by atoms with Crippen LogP contribution in [0.5, 0.6) is 5.75 Å². The van der Waals surface area contributed by atoms with Crippen LogP contribution in [0, 0.1) is 5.92 Å². The zero-order chi connectivity index (χ0) is 14.4. The minimum absolute atomic E-state index is 0.127. The van der Waals surface area contributed by atoms with Crippen molar-refractivity contribution in [3.63, 3.8) is 0 Å². The molecule has 2 aliphatic rings. The molecule has 0 bridgehead atoms. The normalized spacial score (nSPS) is 20.7. The van der Waals surface area contributed by atoms with Gasteiger partial charge >= 0.3 is 0 Å². The minimum Gasteiger partial charge on any atom is -0.488 e. The number of aromatic amines is 1. The molecule has 0 radical (unpaired) electrons. The van der Waals surface area contributed by atoms with E-state index in [1.165, 1.54) is 16.8 Å². The Morgan fingerprint density at radius 3 is 2.90 bits per heavy atom. The molecular formula is C16H20N2O2. The molecule has 0 saturated carbocycles. The SMILES string of the molecule is CCOc1cc2c([nH]c1=O)CC1C(C)=CN(C)C(C)=C21. The fourth-order valence-electron chi connectivity index (χ4n) is 3.23. The number of hydrogen-bond acceptors (Lipinski definition) is 3. The van der Waals surface area contributed by atoms with E-state index in [4.69, 9.17) is 4.74 Å². The zero-order valence-electron chi connectivity index (χ0n) is 12.4. The van der Waals surface area contributed by atoms with Crippen LogP contribution in [0.15, 0.2) is 28.3 Å². The first-order chi connectivity index (χ1) is 9.52. The van der Waals surface area contributed by atoms with Gasteiger partial charge in [-0.15, -0.1) is 0 Å².